The lowest BCUT2D eigenvalue weighted by molar-refractivity contribution is -0.120. The van der Waals surface area contributed by atoms with Gasteiger partial charge in [0, 0.05) is 6.54 Å². The van der Waals surface area contributed by atoms with Gasteiger partial charge in [-0.05, 0) is 32.4 Å². The lowest BCUT2D eigenvalue weighted by atomic mass is 10.2. The third-order valence-corrected chi connectivity index (χ3v) is 4.37. The molecule has 0 aliphatic carbocycles. The van der Waals surface area contributed by atoms with Gasteiger partial charge in [-0.25, -0.2) is 0 Å². The summed E-state index contributed by atoms with van der Waals surface area (Å²) >= 11 is 1.32. The van der Waals surface area contributed by atoms with Gasteiger partial charge in [-0.3, -0.25) is 19.5 Å². The van der Waals surface area contributed by atoms with E-state index in [1.165, 1.54) is 11.8 Å². The summed E-state index contributed by atoms with van der Waals surface area (Å²) in [6, 6.07) is 7.72. The van der Waals surface area contributed by atoms with Crippen molar-refractivity contribution in [2.75, 3.05) is 18.0 Å². The average molecular weight is 319 g/mol. The van der Waals surface area contributed by atoms with Crippen LogP contribution in [0, 0.1) is 6.92 Å². The fraction of sp³-hybridized carbons (Fsp3) is 0.438. The van der Waals surface area contributed by atoms with Crippen LogP contribution in [0.25, 0.3) is 0 Å². The highest BCUT2D eigenvalue weighted by atomic mass is 32.2. The van der Waals surface area contributed by atoms with Gasteiger partial charge in [0.15, 0.2) is 5.17 Å². The van der Waals surface area contributed by atoms with Gasteiger partial charge < -0.3 is 5.32 Å². The number of anilines is 1. The van der Waals surface area contributed by atoms with Gasteiger partial charge in [-0.15, -0.1) is 0 Å². The van der Waals surface area contributed by atoms with Crippen molar-refractivity contribution < 1.29 is 9.59 Å². The highest BCUT2D eigenvalue weighted by Gasteiger charge is 2.30. The van der Waals surface area contributed by atoms with E-state index in [1.807, 2.05) is 45.0 Å². The number of nitrogens with zero attached hydrogens (tertiary/aromatic N) is 2. The molecule has 0 bridgehead atoms. The number of carbonyl (C=O) groups is 2. The molecule has 0 saturated heterocycles. The highest BCUT2D eigenvalue weighted by Crippen LogP contribution is 2.26. The van der Waals surface area contributed by atoms with Gasteiger partial charge in [0.2, 0.25) is 5.91 Å². The molecular weight excluding hydrogens is 298 g/mol. The molecular formula is C16H21N3O2S. The Morgan fingerprint density at radius 1 is 1.41 bits per heavy atom. The number of rotatable bonds is 5. The van der Waals surface area contributed by atoms with Crippen LogP contribution in [0.15, 0.2) is 29.3 Å². The average Bonchev–Trinajstić information content (AvgIpc) is 2.86. The maximum Gasteiger partial charge on any atom is 0.254 e. The Kier molecular flexibility index (Phi) is 5.60. The van der Waals surface area contributed by atoms with Gasteiger partial charge in [-0.1, -0.05) is 36.4 Å². The maximum absolute atomic E-state index is 12.1. The summed E-state index contributed by atoms with van der Waals surface area (Å²) in [5.41, 5.74) is 1.93. The minimum absolute atomic E-state index is 0.0299. The summed E-state index contributed by atoms with van der Waals surface area (Å²) in [7, 11) is 0. The Hall–Kier alpha value is -1.82. The number of aryl methyl sites for hydroxylation is 1. The monoisotopic (exact) mass is 319 g/mol. The van der Waals surface area contributed by atoms with Crippen molar-refractivity contribution in [1.29, 1.82) is 0 Å². The van der Waals surface area contributed by atoms with Gasteiger partial charge in [-0.2, -0.15) is 0 Å². The summed E-state index contributed by atoms with van der Waals surface area (Å²) < 4.78 is 0. The zero-order chi connectivity index (χ0) is 16.1. The molecule has 1 atom stereocenters. The van der Waals surface area contributed by atoms with Crippen molar-refractivity contribution in [2.45, 2.75) is 32.4 Å². The van der Waals surface area contributed by atoms with Crippen molar-refractivity contribution >= 4 is 34.4 Å². The van der Waals surface area contributed by atoms with E-state index in [2.05, 4.69) is 10.3 Å². The van der Waals surface area contributed by atoms with Gasteiger partial charge in [0.1, 0.15) is 6.54 Å². The van der Waals surface area contributed by atoms with E-state index >= 15 is 0 Å². The number of benzene rings is 1. The Labute approximate surface area is 135 Å². The number of thioether (sulfide) groups is 1. The molecule has 2 rings (SSSR count). The number of hydrogen-bond acceptors (Lipinski definition) is 4. The zero-order valence-electron chi connectivity index (χ0n) is 13.1. The van der Waals surface area contributed by atoms with Crippen LogP contribution in [-0.4, -0.2) is 35.3 Å². The SMILES string of the molecule is CCCNC(=O)[C@@H](C)SC1=NCC(=O)N1c1ccc(C)cc1. The van der Waals surface area contributed by atoms with Crippen LogP contribution in [-0.2, 0) is 9.59 Å². The lowest BCUT2D eigenvalue weighted by Gasteiger charge is -2.20. The molecule has 5 nitrogen and oxygen atoms in total. The van der Waals surface area contributed by atoms with Gasteiger partial charge in [0.25, 0.3) is 5.91 Å². The topological polar surface area (TPSA) is 61.8 Å². The molecule has 0 unspecified atom stereocenters. The molecule has 1 aromatic carbocycles. The van der Waals surface area contributed by atoms with E-state index in [4.69, 9.17) is 0 Å². The Morgan fingerprint density at radius 3 is 2.73 bits per heavy atom. The third-order valence-electron chi connectivity index (χ3n) is 3.28. The molecule has 0 radical (unpaired) electrons. The van der Waals surface area contributed by atoms with Crippen LogP contribution in [0.1, 0.15) is 25.8 Å². The Bertz CT molecular complexity index is 584. The number of amidine groups is 1. The highest BCUT2D eigenvalue weighted by molar-refractivity contribution is 8.15. The van der Waals surface area contributed by atoms with Crippen LogP contribution in [0.2, 0.25) is 0 Å². The molecule has 0 fully saturated rings. The zero-order valence-corrected chi connectivity index (χ0v) is 13.9. The number of nitrogens with one attached hydrogen (secondary N) is 1. The number of aliphatic imine (C=N–C) groups is 1. The molecule has 1 heterocycles. The van der Waals surface area contributed by atoms with Crippen molar-refractivity contribution in [2.24, 2.45) is 4.99 Å². The molecule has 118 valence electrons. The normalized spacial score (nSPS) is 15.7. The molecule has 2 amide bonds. The second kappa shape index (κ2) is 7.45. The van der Waals surface area contributed by atoms with Crippen LogP contribution in [0.4, 0.5) is 5.69 Å². The van der Waals surface area contributed by atoms with Crippen LogP contribution < -0.4 is 10.2 Å². The summed E-state index contributed by atoms with van der Waals surface area (Å²) in [6.45, 7) is 6.64. The predicted octanol–water partition coefficient (Wildman–Crippen LogP) is 2.35. The van der Waals surface area contributed by atoms with Crippen molar-refractivity contribution in [3.63, 3.8) is 0 Å². The first-order valence-corrected chi connectivity index (χ1v) is 8.29. The maximum atomic E-state index is 12.1. The molecule has 0 aromatic heterocycles. The molecule has 0 saturated carbocycles. The Balaban J connectivity index is 2.08. The van der Waals surface area contributed by atoms with E-state index < -0.39 is 0 Å². The predicted molar refractivity (Wildman–Crippen MR) is 91.3 cm³/mol. The quantitative estimate of drug-likeness (QED) is 0.906. The molecule has 1 N–H and O–H groups in total. The number of carbonyl (C=O) groups excluding carboxylic acids is 2. The van der Waals surface area contributed by atoms with Gasteiger partial charge in [0.05, 0.1) is 10.9 Å². The molecule has 1 aliphatic rings. The van der Waals surface area contributed by atoms with Crippen molar-refractivity contribution in [1.82, 2.24) is 5.32 Å². The van der Waals surface area contributed by atoms with Crippen LogP contribution in [0.3, 0.4) is 0 Å². The molecule has 6 heteroatoms. The minimum Gasteiger partial charge on any atom is -0.355 e. The van der Waals surface area contributed by atoms with Crippen LogP contribution in [0.5, 0.6) is 0 Å². The van der Waals surface area contributed by atoms with E-state index in [-0.39, 0.29) is 23.6 Å². The Morgan fingerprint density at radius 2 is 2.09 bits per heavy atom. The number of hydrogen-bond donors (Lipinski definition) is 1. The summed E-state index contributed by atoms with van der Waals surface area (Å²) in [4.78, 5) is 29.9. The second-order valence-electron chi connectivity index (χ2n) is 5.21. The third kappa shape index (κ3) is 3.88. The summed E-state index contributed by atoms with van der Waals surface area (Å²) in [5.74, 6) is -0.0923. The minimum atomic E-state index is -0.288. The molecule has 22 heavy (non-hydrogen) atoms. The fourth-order valence-corrected chi connectivity index (χ4v) is 2.98. The largest absolute Gasteiger partial charge is 0.355 e. The van der Waals surface area contributed by atoms with E-state index in [9.17, 15) is 9.59 Å². The summed E-state index contributed by atoms with van der Waals surface area (Å²) in [5, 5.41) is 3.16. The van der Waals surface area contributed by atoms with E-state index in [1.54, 1.807) is 4.90 Å². The number of amides is 2. The summed E-state index contributed by atoms with van der Waals surface area (Å²) in [6.07, 6.45) is 0.901. The smallest absolute Gasteiger partial charge is 0.254 e. The lowest BCUT2D eigenvalue weighted by Crippen LogP contribution is -2.36. The first-order chi connectivity index (χ1) is 10.5. The van der Waals surface area contributed by atoms with Gasteiger partial charge >= 0.3 is 0 Å². The van der Waals surface area contributed by atoms with E-state index in [0.29, 0.717) is 11.7 Å². The van der Waals surface area contributed by atoms with E-state index in [0.717, 1.165) is 17.7 Å². The first-order valence-electron chi connectivity index (χ1n) is 7.41. The second-order valence-corrected chi connectivity index (χ2v) is 6.52. The molecule has 1 aliphatic heterocycles. The standard InChI is InChI=1S/C16H21N3O2S/c1-4-9-17-15(21)12(3)22-16-18-10-14(20)19(16)13-7-5-11(2)6-8-13/h5-8,12H,4,9-10H2,1-3H3,(H,17,21)/t12-/m1/s1. The van der Waals surface area contributed by atoms with Crippen molar-refractivity contribution in [3.05, 3.63) is 29.8 Å². The molecule has 0 spiro atoms. The molecule has 1 aromatic rings. The van der Waals surface area contributed by atoms with Crippen molar-refractivity contribution in [3.8, 4) is 0 Å². The van der Waals surface area contributed by atoms with Crippen LogP contribution >= 0.6 is 11.8 Å². The first kappa shape index (κ1) is 16.5. The fourth-order valence-electron chi connectivity index (χ4n) is 2.03.